The molecule has 9 heteroatoms. The summed E-state index contributed by atoms with van der Waals surface area (Å²) >= 11 is 5.86. The van der Waals surface area contributed by atoms with E-state index in [2.05, 4.69) is 31.9 Å². The van der Waals surface area contributed by atoms with Gasteiger partial charge in [0.15, 0.2) is 5.82 Å². The fraction of sp³-hybridized carbons (Fsp3) is 0.0870. The lowest BCUT2D eigenvalue weighted by Crippen LogP contribution is -2.05. The van der Waals surface area contributed by atoms with Gasteiger partial charge in [-0.1, -0.05) is 23.7 Å². The molecule has 0 aliphatic carbocycles. The van der Waals surface area contributed by atoms with E-state index < -0.39 is 0 Å². The molecule has 5 aromatic rings. The van der Waals surface area contributed by atoms with Gasteiger partial charge in [0.2, 0.25) is 11.8 Å². The van der Waals surface area contributed by atoms with Gasteiger partial charge >= 0.3 is 0 Å². The molecule has 0 aliphatic rings. The number of imidazole rings is 1. The number of ether oxygens (including phenoxy) is 1. The number of nitrogens with zero attached hydrogens (tertiary/aromatic N) is 4. The van der Waals surface area contributed by atoms with E-state index in [-0.39, 0.29) is 0 Å². The van der Waals surface area contributed by atoms with Gasteiger partial charge in [-0.2, -0.15) is 5.10 Å². The fourth-order valence-electron chi connectivity index (χ4n) is 3.30. The van der Waals surface area contributed by atoms with Crippen LogP contribution in [0.5, 0.6) is 11.6 Å². The van der Waals surface area contributed by atoms with E-state index in [4.69, 9.17) is 21.3 Å². The van der Waals surface area contributed by atoms with Crippen molar-refractivity contribution in [2.45, 2.75) is 6.54 Å². The number of aromatic amines is 1. The summed E-state index contributed by atoms with van der Waals surface area (Å²) in [7, 11) is 1.99. The van der Waals surface area contributed by atoms with Crippen molar-refractivity contribution in [1.82, 2.24) is 24.7 Å². The molecular formula is C23H20ClN7O. The molecule has 8 nitrogen and oxygen atoms in total. The van der Waals surface area contributed by atoms with Gasteiger partial charge in [0.1, 0.15) is 5.75 Å². The van der Waals surface area contributed by atoms with E-state index in [1.54, 1.807) is 24.5 Å². The Morgan fingerprint density at radius 2 is 1.94 bits per heavy atom. The SMILES string of the molecule is Cn1c(NCc2ccc(Oc3ccc(Cl)cn3)cc2)nc2ccc(Nc3cc[nH]n3)cc21. The Morgan fingerprint density at radius 3 is 2.69 bits per heavy atom. The van der Waals surface area contributed by atoms with Crippen LogP contribution in [0.2, 0.25) is 5.02 Å². The Hall–Kier alpha value is -4.04. The van der Waals surface area contributed by atoms with Crippen molar-refractivity contribution in [3.05, 3.63) is 83.6 Å². The van der Waals surface area contributed by atoms with E-state index in [0.717, 1.165) is 34.1 Å². The minimum atomic E-state index is 0.501. The smallest absolute Gasteiger partial charge is 0.219 e. The number of aryl methyl sites for hydroxylation is 1. The maximum absolute atomic E-state index is 5.86. The van der Waals surface area contributed by atoms with Crippen LogP contribution in [0.3, 0.4) is 0 Å². The summed E-state index contributed by atoms with van der Waals surface area (Å²) in [6, 6.07) is 19.2. The molecular weight excluding hydrogens is 426 g/mol. The van der Waals surface area contributed by atoms with E-state index in [1.165, 1.54) is 0 Å². The van der Waals surface area contributed by atoms with Crippen molar-refractivity contribution in [3.8, 4) is 11.6 Å². The van der Waals surface area contributed by atoms with E-state index in [1.807, 2.05) is 54.1 Å². The molecule has 0 unspecified atom stereocenters. The Bertz CT molecular complexity index is 1330. The quantitative estimate of drug-likeness (QED) is 0.306. The van der Waals surface area contributed by atoms with Crippen molar-refractivity contribution in [2.24, 2.45) is 7.05 Å². The predicted molar refractivity (Wildman–Crippen MR) is 126 cm³/mol. The zero-order chi connectivity index (χ0) is 21.9. The molecule has 2 aromatic carbocycles. The average Bonchev–Trinajstić information content (AvgIpc) is 3.43. The summed E-state index contributed by atoms with van der Waals surface area (Å²) in [5, 5.41) is 14.2. The minimum Gasteiger partial charge on any atom is -0.439 e. The van der Waals surface area contributed by atoms with Crippen LogP contribution in [0.1, 0.15) is 5.56 Å². The second kappa shape index (κ2) is 8.60. The number of pyridine rings is 1. The first-order chi connectivity index (χ1) is 15.6. The van der Waals surface area contributed by atoms with Crippen LogP contribution in [0.4, 0.5) is 17.5 Å². The molecule has 0 saturated carbocycles. The lowest BCUT2D eigenvalue weighted by Gasteiger charge is -2.08. The van der Waals surface area contributed by atoms with Crippen LogP contribution in [0, 0.1) is 0 Å². The highest BCUT2D eigenvalue weighted by atomic mass is 35.5. The first kappa shape index (κ1) is 19.9. The number of anilines is 3. The van der Waals surface area contributed by atoms with E-state index in [9.17, 15) is 0 Å². The van der Waals surface area contributed by atoms with Crippen molar-refractivity contribution >= 4 is 40.1 Å². The van der Waals surface area contributed by atoms with Gasteiger partial charge in [0.25, 0.3) is 0 Å². The zero-order valence-corrected chi connectivity index (χ0v) is 18.0. The lowest BCUT2D eigenvalue weighted by molar-refractivity contribution is 0.463. The number of nitrogens with one attached hydrogen (secondary N) is 3. The largest absolute Gasteiger partial charge is 0.439 e. The van der Waals surface area contributed by atoms with Gasteiger partial charge in [-0.25, -0.2) is 9.97 Å². The summed E-state index contributed by atoms with van der Waals surface area (Å²) in [4.78, 5) is 8.85. The number of aromatic nitrogens is 5. The second-order valence-electron chi connectivity index (χ2n) is 7.20. The molecule has 0 saturated heterocycles. The van der Waals surface area contributed by atoms with Crippen LogP contribution < -0.4 is 15.4 Å². The number of hydrogen-bond acceptors (Lipinski definition) is 6. The first-order valence-corrected chi connectivity index (χ1v) is 10.4. The van der Waals surface area contributed by atoms with Crippen LogP contribution in [-0.2, 0) is 13.6 Å². The van der Waals surface area contributed by atoms with Crippen molar-refractivity contribution in [2.75, 3.05) is 10.6 Å². The number of H-pyrrole nitrogens is 1. The summed E-state index contributed by atoms with van der Waals surface area (Å²) in [5.41, 5.74) is 3.99. The Balaban J connectivity index is 1.25. The molecule has 0 fully saturated rings. The van der Waals surface area contributed by atoms with Crippen molar-refractivity contribution in [1.29, 1.82) is 0 Å². The molecule has 0 aliphatic heterocycles. The number of fused-ring (bicyclic) bond motifs is 1. The number of rotatable bonds is 7. The normalized spacial score (nSPS) is 10.9. The van der Waals surface area contributed by atoms with Crippen LogP contribution >= 0.6 is 11.6 Å². The fourth-order valence-corrected chi connectivity index (χ4v) is 3.42. The molecule has 0 bridgehead atoms. The third kappa shape index (κ3) is 4.35. The first-order valence-electron chi connectivity index (χ1n) is 9.99. The maximum atomic E-state index is 5.86. The van der Waals surface area contributed by atoms with Crippen LogP contribution in [0.25, 0.3) is 11.0 Å². The number of halogens is 1. The van der Waals surface area contributed by atoms with Gasteiger partial charge in [-0.3, -0.25) is 5.10 Å². The standard InChI is InChI=1S/C23H20ClN7O/c1-31-20-12-17(28-21-10-11-27-30-21)5-8-19(20)29-23(31)26-13-15-2-6-18(7-3-15)32-22-9-4-16(24)14-25-22/h2-12,14H,13H2,1H3,(H,26,29)(H2,27,28,30). The summed E-state index contributed by atoms with van der Waals surface area (Å²) < 4.78 is 7.78. The summed E-state index contributed by atoms with van der Waals surface area (Å²) in [5.74, 6) is 2.77. The van der Waals surface area contributed by atoms with Gasteiger partial charge in [-0.15, -0.1) is 0 Å². The molecule has 32 heavy (non-hydrogen) atoms. The molecule has 3 aromatic heterocycles. The molecule has 0 spiro atoms. The maximum Gasteiger partial charge on any atom is 0.219 e. The van der Waals surface area contributed by atoms with Gasteiger partial charge in [0, 0.05) is 43.8 Å². The van der Waals surface area contributed by atoms with Gasteiger partial charge in [-0.05, 0) is 42.0 Å². The molecule has 0 atom stereocenters. The third-order valence-electron chi connectivity index (χ3n) is 4.95. The van der Waals surface area contributed by atoms with Gasteiger partial charge in [0.05, 0.1) is 16.1 Å². The minimum absolute atomic E-state index is 0.501. The molecule has 3 N–H and O–H groups in total. The topological polar surface area (TPSA) is 92.7 Å². The Kier molecular flexibility index (Phi) is 5.35. The molecule has 5 rings (SSSR count). The van der Waals surface area contributed by atoms with Crippen LogP contribution in [0.15, 0.2) is 73.1 Å². The van der Waals surface area contributed by atoms with Gasteiger partial charge < -0.3 is 19.9 Å². The molecule has 0 radical (unpaired) electrons. The van der Waals surface area contributed by atoms with Crippen LogP contribution in [-0.4, -0.2) is 24.7 Å². The molecule has 160 valence electrons. The highest BCUT2D eigenvalue weighted by molar-refractivity contribution is 6.30. The third-order valence-corrected chi connectivity index (χ3v) is 5.17. The molecule has 0 amide bonds. The second-order valence-corrected chi connectivity index (χ2v) is 7.63. The molecule has 3 heterocycles. The lowest BCUT2D eigenvalue weighted by atomic mass is 10.2. The Labute approximate surface area is 189 Å². The van der Waals surface area contributed by atoms with Crippen molar-refractivity contribution < 1.29 is 4.74 Å². The highest BCUT2D eigenvalue weighted by Crippen LogP contribution is 2.25. The summed E-state index contributed by atoms with van der Waals surface area (Å²) in [6.45, 7) is 0.634. The Morgan fingerprint density at radius 1 is 1.06 bits per heavy atom. The number of hydrogen-bond donors (Lipinski definition) is 3. The monoisotopic (exact) mass is 445 g/mol. The van der Waals surface area contributed by atoms with E-state index >= 15 is 0 Å². The predicted octanol–water partition coefficient (Wildman–Crippen LogP) is 5.49. The average molecular weight is 446 g/mol. The zero-order valence-electron chi connectivity index (χ0n) is 17.2. The van der Waals surface area contributed by atoms with Crippen molar-refractivity contribution in [3.63, 3.8) is 0 Å². The number of benzene rings is 2. The van der Waals surface area contributed by atoms with E-state index in [0.29, 0.717) is 23.2 Å². The summed E-state index contributed by atoms with van der Waals surface area (Å²) in [6.07, 6.45) is 3.34. The highest BCUT2D eigenvalue weighted by Gasteiger charge is 2.09.